The highest BCUT2D eigenvalue weighted by atomic mass is 79.9. The molecular formula is C15H15BrCl2N2O5S. The molecule has 0 radical (unpaired) electrons. The van der Waals surface area contributed by atoms with Crippen LogP contribution in [0.25, 0.3) is 0 Å². The fourth-order valence-corrected chi connectivity index (χ4v) is 3.35. The van der Waals surface area contributed by atoms with Gasteiger partial charge in [0.05, 0.1) is 6.54 Å². The van der Waals surface area contributed by atoms with Crippen LogP contribution >= 0.6 is 50.7 Å². The van der Waals surface area contributed by atoms with Gasteiger partial charge in [-0.25, -0.2) is 0 Å². The van der Waals surface area contributed by atoms with Crippen molar-refractivity contribution in [2.75, 3.05) is 13.2 Å². The molecule has 1 aliphatic rings. The van der Waals surface area contributed by atoms with Crippen LogP contribution in [0.1, 0.15) is 12.5 Å². The van der Waals surface area contributed by atoms with Crippen LogP contribution in [-0.2, 0) is 16.0 Å². The van der Waals surface area contributed by atoms with Crippen molar-refractivity contribution >= 4 is 50.7 Å². The number of hydrogen-bond acceptors (Lipinski definition) is 6. The smallest absolute Gasteiger partial charge is 0.320 e. The summed E-state index contributed by atoms with van der Waals surface area (Å²) >= 11 is 15.7. The summed E-state index contributed by atoms with van der Waals surface area (Å²) in [4.78, 5) is 21.3. The minimum Gasteiger partial charge on any atom is -0.344 e. The Hall–Kier alpha value is -0.970. The van der Waals surface area contributed by atoms with E-state index in [4.69, 9.17) is 32.7 Å². The maximum absolute atomic E-state index is 11.4. The van der Waals surface area contributed by atoms with Crippen molar-refractivity contribution < 1.29 is 14.4 Å². The van der Waals surface area contributed by atoms with Crippen LogP contribution in [0.3, 0.4) is 0 Å². The van der Waals surface area contributed by atoms with E-state index in [2.05, 4.69) is 15.9 Å². The molecule has 0 aliphatic carbocycles. The zero-order valence-corrected chi connectivity index (χ0v) is 17.5. The van der Waals surface area contributed by atoms with Crippen molar-refractivity contribution in [2.45, 2.75) is 24.2 Å². The van der Waals surface area contributed by atoms with E-state index < -0.39 is 9.37 Å². The molecule has 1 aromatic heterocycles. The minimum atomic E-state index is -1.25. The molecule has 1 saturated heterocycles. The first-order valence-corrected chi connectivity index (χ1v) is 9.69. The van der Waals surface area contributed by atoms with E-state index in [1.165, 1.54) is 17.6 Å². The van der Waals surface area contributed by atoms with Crippen molar-refractivity contribution in [2.24, 2.45) is 0 Å². The lowest BCUT2D eigenvalue weighted by Crippen LogP contribution is -2.47. The zero-order chi connectivity index (χ0) is 19.3. The monoisotopic (exact) mass is 484 g/mol. The number of alkyl halides is 1. The summed E-state index contributed by atoms with van der Waals surface area (Å²) in [5, 5.41) is 11.1. The third-order valence-electron chi connectivity index (χ3n) is 3.33. The summed E-state index contributed by atoms with van der Waals surface area (Å²) < 4.78 is 10.7. The van der Waals surface area contributed by atoms with Gasteiger partial charge in [-0.2, -0.15) is 0 Å². The Balaban J connectivity index is 0.000000197. The van der Waals surface area contributed by atoms with Gasteiger partial charge in [0, 0.05) is 31.9 Å². The normalized spacial score (nSPS) is 22.4. The van der Waals surface area contributed by atoms with Crippen LogP contribution < -0.4 is 5.56 Å². The van der Waals surface area contributed by atoms with Crippen molar-refractivity contribution in [3.63, 3.8) is 0 Å². The number of halogens is 3. The van der Waals surface area contributed by atoms with Crippen LogP contribution in [0, 0.1) is 10.1 Å². The van der Waals surface area contributed by atoms with Crippen LogP contribution in [0.5, 0.6) is 0 Å². The summed E-state index contributed by atoms with van der Waals surface area (Å²) in [6.45, 7) is 2.32. The van der Waals surface area contributed by atoms with Gasteiger partial charge in [0.1, 0.15) is 17.6 Å². The molecular weight excluding hydrogens is 471 g/mol. The number of ether oxygens (including phenoxy) is 2. The van der Waals surface area contributed by atoms with E-state index in [0.29, 0.717) is 15.9 Å². The number of hydrogen-bond donors (Lipinski definition) is 0. The van der Waals surface area contributed by atoms with Crippen molar-refractivity contribution in [3.8, 4) is 0 Å². The van der Waals surface area contributed by atoms with E-state index in [9.17, 15) is 14.9 Å². The first-order chi connectivity index (χ1) is 12.2. The molecule has 1 aromatic carbocycles. The standard InChI is InChI=1S/C10H7Cl2NOS.C5H8BrNO4/c11-8-3-1-7(2-4-8)6-13-10(14)5-9(12)15-13;1-4-10-2-5(6,3-11-4)7(8)9/h1-5H,6H2;4H,2-3H2,1H3. The molecule has 1 aliphatic heterocycles. The molecule has 26 heavy (non-hydrogen) atoms. The lowest BCUT2D eigenvalue weighted by Gasteiger charge is -2.27. The number of rotatable bonds is 3. The van der Waals surface area contributed by atoms with E-state index in [1.807, 2.05) is 12.1 Å². The lowest BCUT2D eigenvalue weighted by atomic mass is 10.2. The highest BCUT2D eigenvalue weighted by molar-refractivity contribution is 9.10. The third kappa shape index (κ3) is 6.04. The summed E-state index contributed by atoms with van der Waals surface area (Å²) in [6, 6.07) is 8.81. The molecule has 142 valence electrons. The highest BCUT2D eigenvalue weighted by Crippen LogP contribution is 2.25. The molecule has 7 nitrogen and oxygen atoms in total. The molecule has 0 spiro atoms. The summed E-state index contributed by atoms with van der Waals surface area (Å²) in [7, 11) is 0. The zero-order valence-electron chi connectivity index (χ0n) is 13.6. The molecule has 11 heteroatoms. The Morgan fingerprint density at radius 2 is 1.92 bits per heavy atom. The molecule has 3 rings (SSSR count). The van der Waals surface area contributed by atoms with Gasteiger partial charge in [0.2, 0.25) is 0 Å². The topological polar surface area (TPSA) is 83.6 Å². The lowest BCUT2D eigenvalue weighted by molar-refractivity contribution is -0.556. The number of aromatic nitrogens is 1. The molecule has 0 saturated carbocycles. The number of benzene rings is 1. The first-order valence-electron chi connectivity index (χ1n) is 7.37. The van der Waals surface area contributed by atoms with E-state index in [1.54, 1.807) is 23.0 Å². The third-order valence-corrected chi connectivity index (χ3v) is 5.46. The van der Waals surface area contributed by atoms with Gasteiger partial charge >= 0.3 is 4.45 Å². The Labute approximate surface area is 171 Å². The second-order valence-corrected chi connectivity index (χ2v) is 9.01. The second-order valence-electron chi connectivity index (χ2n) is 5.41. The molecule has 0 bridgehead atoms. The average Bonchev–Trinajstić information content (AvgIpc) is 2.90. The van der Waals surface area contributed by atoms with Crippen LogP contribution in [-0.4, -0.2) is 32.8 Å². The average molecular weight is 486 g/mol. The summed E-state index contributed by atoms with van der Waals surface area (Å²) in [5.74, 6) is 0. The quantitative estimate of drug-likeness (QED) is 0.284. The van der Waals surface area contributed by atoms with Gasteiger partial charge in [0.15, 0.2) is 6.29 Å². The van der Waals surface area contributed by atoms with Gasteiger partial charge < -0.3 is 9.47 Å². The van der Waals surface area contributed by atoms with E-state index in [0.717, 1.165) is 5.56 Å². The Morgan fingerprint density at radius 1 is 1.35 bits per heavy atom. The van der Waals surface area contributed by atoms with Crippen LogP contribution in [0.2, 0.25) is 9.36 Å². The SMILES string of the molecule is CC1OCC(Br)([N+](=O)[O-])CO1.O=c1cc(Cl)sn1Cc1ccc(Cl)cc1. The first kappa shape index (κ1) is 21.3. The van der Waals surface area contributed by atoms with Gasteiger partial charge in [-0.1, -0.05) is 35.3 Å². The molecule has 0 atom stereocenters. The van der Waals surface area contributed by atoms with Gasteiger partial charge in [-0.05, 0) is 36.2 Å². The summed E-state index contributed by atoms with van der Waals surface area (Å²) in [6.07, 6.45) is -0.347. The fraction of sp³-hybridized carbons (Fsp3) is 0.400. The molecule has 0 amide bonds. The van der Waals surface area contributed by atoms with Crippen LogP contribution in [0.15, 0.2) is 35.1 Å². The van der Waals surface area contributed by atoms with Gasteiger partial charge in [0.25, 0.3) is 5.56 Å². The molecule has 0 unspecified atom stereocenters. The minimum absolute atomic E-state index is 0.0428. The predicted octanol–water partition coefficient (Wildman–Crippen LogP) is 4.01. The van der Waals surface area contributed by atoms with E-state index in [-0.39, 0.29) is 25.1 Å². The van der Waals surface area contributed by atoms with Crippen molar-refractivity contribution in [1.82, 2.24) is 3.96 Å². The molecule has 2 aromatic rings. The Bertz CT molecular complexity index is 803. The maximum atomic E-state index is 11.4. The maximum Gasteiger partial charge on any atom is 0.320 e. The highest BCUT2D eigenvalue weighted by Gasteiger charge is 2.44. The van der Waals surface area contributed by atoms with Crippen molar-refractivity contribution in [1.29, 1.82) is 0 Å². The summed E-state index contributed by atoms with van der Waals surface area (Å²) in [5.41, 5.74) is 0.958. The van der Waals surface area contributed by atoms with E-state index >= 15 is 0 Å². The van der Waals surface area contributed by atoms with Crippen molar-refractivity contribution in [3.05, 3.63) is 65.7 Å². The van der Waals surface area contributed by atoms with Gasteiger partial charge in [-0.3, -0.25) is 18.9 Å². The van der Waals surface area contributed by atoms with Gasteiger partial charge in [-0.15, -0.1) is 0 Å². The Kier molecular flexibility index (Phi) is 7.63. The molecule has 1 fully saturated rings. The number of nitro groups is 1. The fourth-order valence-electron chi connectivity index (χ4n) is 1.90. The largest absolute Gasteiger partial charge is 0.344 e. The predicted molar refractivity (Wildman–Crippen MR) is 104 cm³/mol. The number of nitrogens with zero attached hydrogens (tertiary/aromatic N) is 2. The molecule has 2 heterocycles. The molecule has 0 N–H and O–H groups in total. The second kappa shape index (κ2) is 9.29. The Morgan fingerprint density at radius 3 is 2.38 bits per heavy atom. The van der Waals surface area contributed by atoms with Crippen LogP contribution in [0.4, 0.5) is 0 Å².